The molecule has 112 valence electrons. The van der Waals surface area contributed by atoms with Crippen molar-refractivity contribution in [2.75, 3.05) is 25.1 Å². The average molecular weight is 295 g/mol. The molecule has 0 unspecified atom stereocenters. The number of carbonyl (C=O) groups is 1. The second-order valence-corrected chi connectivity index (χ2v) is 4.65. The molecule has 21 heavy (non-hydrogen) atoms. The first-order chi connectivity index (χ1) is 10.1. The third kappa shape index (κ3) is 3.23. The molecule has 1 aliphatic rings. The maximum atomic E-state index is 11.5. The second kappa shape index (κ2) is 6.42. The van der Waals surface area contributed by atoms with Crippen LogP contribution in [0.2, 0.25) is 0 Å². The number of nitro benzene ring substituents is 1. The topological polar surface area (TPSA) is 113 Å². The Kier molecular flexibility index (Phi) is 4.61. The Balaban J connectivity index is 2.32. The van der Waals surface area contributed by atoms with Gasteiger partial charge < -0.3 is 15.2 Å². The molecule has 8 nitrogen and oxygen atoms in total. The number of aliphatic hydroxyl groups is 1. The molecule has 2 rings (SSSR count). The van der Waals surface area contributed by atoms with E-state index in [-0.39, 0.29) is 35.5 Å². The lowest BCUT2D eigenvalue weighted by Crippen LogP contribution is -2.30. The fourth-order valence-corrected chi connectivity index (χ4v) is 2.16. The summed E-state index contributed by atoms with van der Waals surface area (Å²) in [5.41, 5.74) is 0.161. The zero-order valence-corrected chi connectivity index (χ0v) is 11.2. The number of carbonyl (C=O) groups excluding carboxylic acids is 2. The Hall–Kier alpha value is -2.32. The van der Waals surface area contributed by atoms with E-state index < -0.39 is 10.9 Å². The predicted molar refractivity (Wildman–Crippen MR) is 73.4 cm³/mol. The number of nitrogens with zero attached hydrogens (tertiary/aromatic N) is 1. The highest BCUT2D eigenvalue weighted by Crippen LogP contribution is 2.28. The van der Waals surface area contributed by atoms with Gasteiger partial charge in [0, 0.05) is 12.0 Å². The molecule has 1 saturated heterocycles. The Morgan fingerprint density at radius 3 is 2.95 bits per heavy atom. The zero-order chi connectivity index (χ0) is 15.4. The van der Waals surface area contributed by atoms with Gasteiger partial charge >= 0.3 is 5.97 Å². The summed E-state index contributed by atoms with van der Waals surface area (Å²) in [5, 5.41) is 23.2. The lowest BCUT2D eigenvalue weighted by Gasteiger charge is -2.18. The van der Waals surface area contributed by atoms with Crippen LogP contribution in [0.3, 0.4) is 0 Å². The highest BCUT2D eigenvalue weighted by Gasteiger charge is 2.30. The molecule has 2 N–H and O–H groups in total. The van der Waals surface area contributed by atoms with E-state index in [1.165, 1.54) is 18.2 Å². The molecular weight excluding hydrogens is 280 g/mol. The van der Waals surface area contributed by atoms with E-state index in [0.717, 1.165) is 0 Å². The smallest absolute Gasteiger partial charge is 0.396 e. The number of anilines is 1. The Bertz CT molecular complexity index is 574. The molecule has 0 radical (unpaired) electrons. The number of hydrogen-bond donors (Lipinski definition) is 2. The first-order valence-electron chi connectivity index (χ1n) is 6.26. The molecule has 1 fully saturated rings. The van der Waals surface area contributed by atoms with Gasteiger partial charge in [0.2, 0.25) is 0 Å². The molecular formula is C13H15N2O6+. The van der Waals surface area contributed by atoms with Gasteiger partial charge in [0.25, 0.3) is 5.69 Å². The van der Waals surface area contributed by atoms with E-state index in [1.54, 1.807) is 0 Å². The van der Waals surface area contributed by atoms with Crippen LogP contribution in [-0.4, -0.2) is 48.7 Å². The highest BCUT2D eigenvalue weighted by atomic mass is 16.6. The summed E-state index contributed by atoms with van der Waals surface area (Å²) in [4.78, 5) is 22.0. The lowest BCUT2D eigenvalue weighted by molar-refractivity contribution is -0.384. The van der Waals surface area contributed by atoms with Crippen molar-refractivity contribution >= 4 is 24.1 Å². The Morgan fingerprint density at radius 2 is 2.33 bits per heavy atom. The largest absolute Gasteiger partial charge is 0.612 e. The number of nitro groups is 1. The summed E-state index contributed by atoms with van der Waals surface area (Å²) in [6.07, 6.45) is 0. The average Bonchev–Trinajstić information content (AvgIpc) is 2.93. The molecule has 0 bridgehead atoms. The number of hydrogen-bond acceptors (Lipinski definition) is 6. The van der Waals surface area contributed by atoms with Crippen molar-refractivity contribution in [3.8, 4) is 0 Å². The van der Waals surface area contributed by atoms with Gasteiger partial charge in [-0.3, -0.25) is 14.5 Å². The van der Waals surface area contributed by atoms with Gasteiger partial charge in [-0.05, 0) is 12.1 Å². The molecule has 0 spiro atoms. The van der Waals surface area contributed by atoms with Crippen LogP contribution in [0, 0.1) is 16.0 Å². The van der Waals surface area contributed by atoms with Crippen molar-refractivity contribution < 1.29 is 24.0 Å². The molecule has 0 saturated carbocycles. The number of benzene rings is 1. The van der Waals surface area contributed by atoms with Crippen LogP contribution in [0.25, 0.3) is 0 Å². The van der Waals surface area contributed by atoms with Gasteiger partial charge in [0.05, 0.1) is 35.6 Å². The Labute approximate surface area is 120 Å². The van der Waals surface area contributed by atoms with E-state index >= 15 is 0 Å². The van der Waals surface area contributed by atoms with Gasteiger partial charge in [-0.15, -0.1) is 0 Å². The van der Waals surface area contributed by atoms with Crippen LogP contribution in [0.5, 0.6) is 0 Å². The quantitative estimate of drug-likeness (QED) is 0.465. The second-order valence-electron chi connectivity index (χ2n) is 4.65. The molecule has 1 heterocycles. The maximum Gasteiger partial charge on any atom is 0.612 e. The molecule has 8 heteroatoms. The first-order valence-corrected chi connectivity index (χ1v) is 6.26. The van der Waals surface area contributed by atoms with Crippen LogP contribution in [0.1, 0.15) is 10.4 Å². The minimum Gasteiger partial charge on any atom is -0.396 e. The predicted octanol–water partition coefficient (Wildman–Crippen LogP) is 0.519. The standard InChI is InChI=1S/C13H15N2O6/c1-20-13(17)8-2-3-12(15(18)19)10(4-8)14-11-7-21-6-9(11)5-16/h2-4,9,11,14,16H,1,5-7H2/q+1/t9-,11+/m1/s1. The Morgan fingerprint density at radius 1 is 1.57 bits per heavy atom. The van der Waals surface area contributed by atoms with Crippen LogP contribution < -0.4 is 5.32 Å². The zero-order valence-electron chi connectivity index (χ0n) is 11.2. The summed E-state index contributed by atoms with van der Waals surface area (Å²) in [5.74, 6) is -0.845. The lowest BCUT2D eigenvalue weighted by atomic mass is 10.0. The van der Waals surface area contributed by atoms with Crippen LogP contribution in [-0.2, 0) is 9.16 Å². The highest BCUT2D eigenvalue weighted by molar-refractivity contribution is 5.89. The van der Waals surface area contributed by atoms with Crippen LogP contribution in [0.4, 0.5) is 11.4 Å². The van der Waals surface area contributed by atoms with Gasteiger partial charge in [-0.1, -0.05) is 0 Å². The van der Waals surface area contributed by atoms with Crippen LogP contribution >= 0.6 is 0 Å². The van der Waals surface area contributed by atoms with Gasteiger partial charge in [0.15, 0.2) is 6.79 Å². The van der Waals surface area contributed by atoms with E-state index in [1.807, 2.05) is 0 Å². The fourth-order valence-electron chi connectivity index (χ4n) is 2.16. The first kappa shape index (κ1) is 15.1. The van der Waals surface area contributed by atoms with Gasteiger partial charge in [-0.2, -0.15) is 0 Å². The summed E-state index contributed by atoms with van der Waals surface area (Å²) < 4.78 is 9.59. The molecule has 0 aromatic heterocycles. The summed E-state index contributed by atoms with van der Waals surface area (Å²) in [7, 11) is 0. The van der Waals surface area contributed by atoms with Crippen LogP contribution in [0.15, 0.2) is 18.2 Å². The summed E-state index contributed by atoms with van der Waals surface area (Å²) in [6.45, 7) is 3.63. The summed E-state index contributed by atoms with van der Waals surface area (Å²) in [6, 6.07) is 3.59. The SMILES string of the molecule is C=[O+]C(=O)c1ccc([N+](=O)[O-])c(N[C@H]2COC[C@H]2CO)c1. The van der Waals surface area contributed by atoms with Crippen molar-refractivity contribution in [2.24, 2.45) is 5.92 Å². The molecule has 2 atom stereocenters. The molecule has 0 aliphatic carbocycles. The number of aliphatic hydroxyl groups excluding tert-OH is 1. The van der Waals surface area contributed by atoms with Gasteiger partial charge in [0.1, 0.15) is 11.3 Å². The molecule has 1 aromatic carbocycles. The van der Waals surface area contributed by atoms with E-state index in [9.17, 15) is 20.0 Å². The van der Waals surface area contributed by atoms with Crippen molar-refractivity contribution in [1.29, 1.82) is 0 Å². The monoisotopic (exact) mass is 295 g/mol. The van der Waals surface area contributed by atoms with E-state index in [0.29, 0.717) is 13.2 Å². The van der Waals surface area contributed by atoms with Crippen molar-refractivity contribution in [2.45, 2.75) is 6.04 Å². The third-order valence-corrected chi connectivity index (χ3v) is 3.33. The fraction of sp³-hybridized carbons (Fsp3) is 0.385. The van der Waals surface area contributed by atoms with E-state index in [2.05, 4.69) is 16.5 Å². The minimum absolute atomic E-state index is 0.0912. The molecule has 1 aliphatic heterocycles. The van der Waals surface area contributed by atoms with Crippen molar-refractivity contribution in [3.63, 3.8) is 0 Å². The third-order valence-electron chi connectivity index (χ3n) is 3.33. The number of nitrogens with one attached hydrogen (secondary N) is 1. The molecule has 0 amide bonds. The van der Waals surface area contributed by atoms with E-state index in [4.69, 9.17) is 4.74 Å². The number of ether oxygens (including phenoxy) is 1. The maximum absolute atomic E-state index is 11.5. The summed E-state index contributed by atoms with van der Waals surface area (Å²) >= 11 is 0. The number of rotatable bonds is 5. The van der Waals surface area contributed by atoms with Gasteiger partial charge in [-0.25, -0.2) is 0 Å². The normalized spacial score (nSPS) is 21.0. The minimum atomic E-state index is -0.686. The molecule has 1 aromatic rings. The van der Waals surface area contributed by atoms with Crippen molar-refractivity contribution in [1.82, 2.24) is 0 Å². The van der Waals surface area contributed by atoms with Crippen molar-refractivity contribution in [3.05, 3.63) is 33.9 Å².